The minimum absolute atomic E-state index is 0.0636. The van der Waals surface area contributed by atoms with Crippen molar-refractivity contribution in [3.8, 4) is 34.0 Å². The summed E-state index contributed by atoms with van der Waals surface area (Å²) >= 11 is 0. The second kappa shape index (κ2) is 12.8. The minimum Gasteiger partial charge on any atom is -0.505 e. The first kappa shape index (κ1) is 34.0. The molecule has 0 spiro atoms. The second-order valence-corrected chi connectivity index (χ2v) is 13.4. The molecule has 2 N–H and O–H groups in total. The van der Waals surface area contributed by atoms with Gasteiger partial charge in [0.1, 0.15) is 46.6 Å². The fourth-order valence-electron chi connectivity index (χ4n) is 6.96. The van der Waals surface area contributed by atoms with E-state index in [1.807, 2.05) is 12.1 Å². The number of fused-ring (bicyclic) bond motifs is 2. The van der Waals surface area contributed by atoms with Gasteiger partial charge in [-0.2, -0.15) is 13.2 Å². The molecule has 5 aromatic rings. The van der Waals surface area contributed by atoms with Gasteiger partial charge in [0.05, 0.1) is 30.2 Å². The Balaban J connectivity index is 1.05. The molecule has 15 heteroatoms. The van der Waals surface area contributed by atoms with E-state index in [9.17, 15) is 27.5 Å². The lowest BCUT2D eigenvalue weighted by Crippen LogP contribution is -2.48. The summed E-state index contributed by atoms with van der Waals surface area (Å²) in [7, 11) is 0. The molecule has 52 heavy (non-hydrogen) atoms. The van der Waals surface area contributed by atoms with Crippen LogP contribution in [0, 0.1) is 11.6 Å². The number of nitrogens with one attached hydrogen (secondary N) is 1. The third kappa shape index (κ3) is 6.54. The van der Waals surface area contributed by atoms with Gasteiger partial charge in [0.15, 0.2) is 0 Å². The number of aromatic hydroxyl groups is 1. The van der Waals surface area contributed by atoms with Crippen molar-refractivity contribution in [2.24, 2.45) is 0 Å². The summed E-state index contributed by atoms with van der Waals surface area (Å²) in [6, 6.07) is 11.5. The largest absolute Gasteiger partial charge is 0.505 e. The summed E-state index contributed by atoms with van der Waals surface area (Å²) < 4.78 is 89.3. The first-order chi connectivity index (χ1) is 24.8. The van der Waals surface area contributed by atoms with Crippen molar-refractivity contribution >= 4 is 22.6 Å². The molecule has 8 rings (SSSR count). The number of nitrogens with zero attached hydrogens (tertiary/aromatic N) is 5. The molecule has 0 unspecified atom stereocenters. The number of aromatic nitrogens is 3. The number of carbonyl (C=O) groups excluding carboxylic acids is 1. The first-order valence-corrected chi connectivity index (χ1v) is 16.8. The van der Waals surface area contributed by atoms with Gasteiger partial charge < -0.3 is 19.7 Å². The molecule has 1 aliphatic carbocycles. The number of rotatable bonds is 7. The zero-order chi connectivity index (χ0) is 36.4. The molecule has 5 heterocycles. The van der Waals surface area contributed by atoms with Gasteiger partial charge in [-0.25, -0.2) is 18.2 Å². The summed E-state index contributed by atoms with van der Waals surface area (Å²) in [6.45, 7) is 1.05. The van der Waals surface area contributed by atoms with Gasteiger partial charge in [0.2, 0.25) is 0 Å². The number of piperazine rings is 1. The molecule has 3 aliphatic rings. The van der Waals surface area contributed by atoms with Crippen LogP contribution in [0.1, 0.15) is 34.3 Å². The van der Waals surface area contributed by atoms with Gasteiger partial charge in [-0.15, -0.1) is 0 Å². The third-order valence-corrected chi connectivity index (χ3v) is 9.83. The zero-order valence-electron chi connectivity index (χ0n) is 27.6. The van der Waals surface area contributed by atoms with E-state index in [2.05, 4.69) is 19.9 Å². The van der Waals surface area contributed by atoms with Crippen molar-refractivity contribution in [3.63, 3.8) is 0 Å². The van der Waals surface area contributed by atoms with E-state index < -0.39 is 47.2 Å². The molecular formula is C37H32F6N6O3. The highest BCUT2D eigenvalue weighted by atomic mass is 19.4. The maximum Gasteiger partial charge on any atom is 0.401 e. The van der Waals surface area contributed by atoms with E-state index in [0.29, 0.717) is 60.7 Å². The molecule has 2 aliphatic heterocycles. The standard InChI is InChI=1S/C37H32F6N6O3/c38-23-15-25(33(50)30(16-23)49-11-12-52-31-14-22(36(40)4-5-36)13-27(39)32(31)35(49)51)24-3-6-44-34-26(24)17-29(46-34)28-2-1-21(18-45-28)19-47-7-9-48(10-8-47)20-37(41,42)43/h1-3,6,13-18,50H,4-5,7-12,19-20H2,(H,44,46). The monoisotopic (exact) mass is 722 g/mol. The van der Waals surface area contributed by atoms with Crippen molar-refractivity contribution in [1.82, 2.24) is 24.8 Å². The summed E-state index contributed by atoms with van der Waals surface area (Å²) in [4.78, 5) is 30.4. The van der Waals surface area contributed by atoms with Gasteiger partial charge in [-0.1, -0.05) is 6.07 Å². The van der Waals surface area contributed by atoms with Crippen molar-refractivity contribution in [2.45, 2.75) is 31.2 Å². The molecule has 9 nitrogen and oxygen atoms in total. The van der Waals surface area contributed by atoms with Gasteiger partial charge >= 0.3 is 6.18 Å². The van der Waals surface area contributed by atoms with Crippen LogP contribution in [0.4, 0.5) is 32.0 Å². The lowest BCUT2D eigenvalue weighted by molar-refractivity contribution is -0.149. The Hall–Kier alpha value is -5.15. The van der Waals surface area contributed by atoms with Crippen LogP contribution < -0.4 is 9.64 Å². The number of ether oxygens (including phenoxy) is 1. The van der Waals surface area contributed by atoms with Crippen LogP contribution in [-0.2, 0) is 12.2 Å². The predicted molar refractivity (Wildman–Crippen MR) is 180 cm³/mol. The minimum atomic E-state index is -4.22. The number of phenolic OH excluding ortho intramolecular Hbond substituents is 1. The van der Waals surface area contributed by atoms with Crippen molar-refractivity contribution in [3.05, 3.63) is 89.2 Å². The number of halogens is 6. The van der Waals surface area contributed by atoms with Gasteiger partial charge in [-0.05, 0) is 65.9 Å². The number of benzene rings is 2. The Kier molecular flexibility index (Phi) is 8.37. The highest BCUT2D eigenvalue weighted by Gasteiger charge is 2.46. The molecule has 0 atom stereocenters. The third-order valence-electron chi connectivity index (χ3n) is 9.83. The SMILES string of the molecule is O=C1c2c(F)cc(C3(F)CC3)cc2OCCN1c1cc(F)cc(-c2ccnc3[nH]c(-c4ccc(CN5CCN(CC(F)(F)F)CC5)cn4)cc23)c1O. The topological polar surface area (TPSA) is 97.8 Å². The highest BCUT2D eigenvalue weighted by molar-refractivity contribution is 6.10. The molecule has 3 aromatic heterocycles. The Bertz CT molecular complexity index is 2180. The summed E-state index contributed by atoms with van der Waals surface area (Å²) in [6.07, 6.45) is -0.536. The van der Waals surface area contributed by atoms with Crippen LogP contribution >= 0.6 is 0 Å². The summed E-state index contributed by atoms with van der Waals surface area (Å²) in [5.74, 6) is -3.13. The molecule has 0 radical (unpaired) electrons. The normalized spacial score (nSPS) is 18.0. The number of aromatic amines is 1. The lowest BCUT2D eigenvalue weighted by Gasteiger charge is -2.34. The quantitative estimate of drug-likeness (QED) is 0.176. The number of carbonyl (C=O) groups is 1. The van der Waals surface area contributed by atoms with Crippen LogP contribution in [0.25, 0.3) is 33.5 Å². The molecular weight excluding hydrogens is 690 g/mol. The van der Waals surface area contributed by atoms with E-state index in [-0.39, 0.29) is 48.6 Å². The highest BCUT2D eigenvalue weighted by Crippen LogP contribution is 2.51. The van der Waals surface area contributed by atoms with E-state index in [0.717, 1.165) is 28.7 Å². The number of amides is 1. The molecule has 2 fully saturated rings. The molecule has 0 bridgehead atoms. The Morgan fingerprint density at radius 2 is 1.69 bits per heavy atom. The van der Waals surface area contributed by atoms with Crippen LogP contribution in [0.3, 0.4) is 0 Å². The Labute approximate surface area is 293 Å². The maximum absolute atomic E-state index is 15.4. The van der Waals surface area contributed by atoms with E-state index in [1.165, 1.54) is 17.2 Å². The van der Waals surface area contributed by atoms with Crippen LogP contribution in [0.2, 0.25) is 0 Å². The van der Waals surface area contributed by atoms with E-state index in [4.69, 9.17) is 4.74 Å². The Morgan fingerprint density at radius 3 is 2.40 bits per heavy atom. The number of pyridine rings is 2. The lowest BCUT2D eigenvalue weighted by atomic mass is 10.00. The second-order valence-electron chi connectivity index (χ2n) is 13.4. The van der Waals surface area contributed by atoms with Gasteiger partial charge in [0, 0.05) is 62.1 Å². The van der Waals surface area contributed by atoms with Gasteiger partial charge in [-0.3, -0.25) is 19.6 Å². The first-order valence-electron chi connectivity index (χ1n) is 16.8. The Morgan fingerprint density at radius 1 is 0.923 bits per heavy atom. The van der Waals surface area contributed by atoms with Crippen LogP contribution in [0.15, 0.2) is 60.9 Å². The van der Waals surface area contributed by atoms with Crippen molar-refractivity contribution in [2.75, 3.05) is 50.8 Å². The predicted octanol–water partition coefficient (Wildman–Crippen LogP) is 6.95. The van der Waals surface area contributed by atoms with E-state index >= 15 is 8.78 Å². The molecule has 2 aromatic carbocycles. The summed E-state index contributed by atoms with van der Waals surface area (Å²) in [5, 5.41) is 12.1. The number of phenols is 1. The molecule has 1 saturated carbocycles. The number of hydrogen-bond donors (Lipinski definition) is 2. The maximum atomic E-state index is 15.4. The smallest absolute Gasteiger partial charge is 0.401 e. The number of alkyl halides is 4. The van der Waals surface area contributed by atoms with Gasteiger partial charge in [0.25, 0.3) is 5.91 Å². The number of anilines is 1. The number of hydrogen-bond acceptors (Lipinski definition) is 7. The van der Waals surface area contributed by atoms with Crippen molar-refractivity contribution in [1.29, 1.82) is 0 Å². The fourth-order valence-corrected chi connectivity index (χ4v) is 6.96. The molecule has 270 valence electrons. The van der Waals surface area contributed by atoms with E-state index in [1.54, 1.807) is 18.3 Å². The molecule has 1 saturated heterocycles. The average Bonchev–Trinajstić information content (AvgIpc) is 3.75. The van der Waals surface area contributed by atoms with Crippen LogP contribution in [0.5, 0.6) is 11.5 Å². The van der Waals surface area contributed by atoms with Crippen LogP contribution in [-0.4, -0.2) is 87.8 Å². The zero-order valence-corrected chi connectivity index (χ0v) is 27.6. The van der Waals surface area contributed by atoms with Crippen molar-refractivity contribution < 1.29 is 41.0 Å². The summed E-state index contributed by atoms with van der Waals surface area (Å²) in [5.41, 5.74) is 0.770. The average molecular weight is 723 g/mol. The number of H-pyrrole nitrogens is 1. The fraction of sp³-hybridized carbons (Fsp3) is 0.324. The molecule has 1 amide bonds.